The Hall–Kier alpha value is -2.71. The van der Waals surface area contributed by atoms with E-state index in [4.69, 9.17) is 4.74 Å². The van der Waals surface area contributed by atoms with Gasteiger partial charge >= 0.3 is 0 Å². The molecule has 0 heterocycles. The summed E-state index contributed by atoms with van der Waals surface area (Å²) < 4.78 is 48.6. The zero-order chi connectivity index (χ0) is 23.8. The SMILES string of the molecule is C=CCCOc1ccc(C2CCC(C#Cc3ccc(C(O)CCC)c(F)c3)CC2)c(F)c1F. The van der Waals surface area contributed by atoms with Crippen molar-refractivity contribution < 1.29 is 23.0 Å². The third kappa shape index (κ3) is 6.42. The Bertz CT molecular complexity index is 1010. The summed E-state index contributed by atoms with van der Waals surface area (Å²) in [7, 11) is 0. The van der Waals surface area contributed by atoms with Gasteiger partial charge in [-0.05, 0) is 68.2 Å². The van der Waals surface area contributed by atoms with E-state index in [-0.39, 0.29) is 24.2 Å². The number of aliphatic hydroxyl groups is 1. The Morgan fingerprint density at radius 1 is 1.12 bits per heavy atom. The van der Waals surface area contributed by atoms with E-state index >= 15 is 0 Å². The van der Waals surface area contributed by atoms with Gasteiger partial charge in [-0.1, -0.05) is 43.4 Å². The first kappa shape index (κ1) is 24.9. The average molecular weight is 457 g/mol. The normalized spacial score (nSPS) is 18.8. The number of halogens is 3. The molecule has 33 heavy (non-hydrogen) atoms. The summed E-state index contributed by atoms with van der Waals surface area (Å²) in [6.45, 7) is 5.78. The van der Waals surface area contributed by atoms with Gasteiger partial charge in [0.2, 0.25) is 5.82 Å². The molecule has 2 nitrogen and oxygen atoms in total. The fourth-order valence-corrected chi connectivity index (χ4v) is 4.26. The van der Waals surface area contributed by atoms with Crippen LogP contribution in [0.4, 0.5) is 13.2 Å². The van der Waals surface area contributed by atoms with Crippen LogP contribution in [0.1, 0.15) is 80.6 Å². The molecule has 1 atom stereocenters. The van der Waals surface area contributed by atoms with Gasteiger partial charge in [-0.25, -0.2) is 8.78 Å². The highest BCUT2D eigenvalue weighted by Crippen LogP contribution is 2.38. The van der Waals surface area contributed by atoms with E-state index in [0.29, 0.717) is 42.4 Å². The Balaban J connectivity index is 1.60. The molecule has 1 unspecified atom stereocenters. The van der Waals surface area contributed by atoms with Crippen LogP contribution in [0.15, 0.2) is 43.0 Å². The number of benzene rings is 2. The van der Waals surface area contributed by atoms with E-state index in [1.807, 2.05) is 6.92 Å². The lowest BCUT2D eigenvalue weighted by molar-refractivity contribution is 0.162. The molecule has 2 aromatic rings. The van der Waals surface area contributed by atoms with Gasteiger partial charge in [-0.3, -0.25) is 0 Å². The van der Waals surface area contributed by atoms with E-state index < -0.39 is 23.6 Å². The van der Waals surface area contributed by atoms with E-state index in [9.17, 15) is 18.3 Å². The van der Waals surface area contributed by atoms with Crippen LogP contribution < -0.4 is 4.74 Å². The fourth-order valence-electron chi connectivity index (χ4n) is 4.26. The molecule has 176 valence electrons. The van der Waals surface area contributed by atoms with Crippen molar-refractivity contribution in [1.82, 2.24) is 0 Å². The van der Waals surface area contributed by atoms with Crippen molar-refractivity contribution in [3.8, 4) is 17.6 Å². The molecule has 0 saturated heterocycles. The van der Waals surface area contributed by atoms with Crippen LogP contribution in [0.25, 0.3) is 0 Å². The minimum Gasteiger partial charge on any atom is -0.490 e. The topological polar surface area (TPSA) is 29.5 Å². The number of ether oxygens (including phenoxy) is 1. The summed E-state index contributed by atoms with van der Waals surface area (Å²) in [6, 6.07) is 7.81. The molecule has 0 amide bonds. The molecule has 0 bridgehead atoms. The zero-order valence-corrected chi connectivity index (χ0v) is 19.0. The molecular weight excluding hydrogens is 425 g/mol. The molecule has 0 aliphatic heterocycles. The lowest BCUT2D eigenvalue weighted by atomic mass is 9.78. The second-order valence-corrected chi connectivity index (χ2v) is 8.57. The molecule has 1 N–H and O–H groups in total. The standard InChI is InChI=1S/C28H31F3O2/c1-3-5-17-33-26-16-15-22(27(30)28(26)31)21-12-9-19(10-13-21)7-8-20-11-14-23(24(29)18-20)25(32)6-4-2/h3,11,14-16,18-19,21,25,32H,1,4-6,9-10,12-13,17H2,2H3. The molecule has 3 rings (SSSR count). The van der Waals surface area contributed by atoms with E-state index in [1.54, 1.807) is 24.3 Å². The van der Waals surface area contributed by atoms with Gasteiger partial charge in [-0.15, -0.1) is 6.58 Å². The molecule has 1 fully saturated rings. The maximum atomic E-state index is 14.6. The molecule has 0 radical (unpaired) electrons. The first-order chi connectivity index (χ1) is 15.9. The van der Waals surface area contributed by atoms with Crippen LogP contribution in [-0.2, 0) is 0 Å². The Morgan fingerprint density at radius 3 is 2.55 bits per heavy atom. The second kappa shape index (κ2) is 12.0. The van der Waals surface area contributed by atoms with Gasteiger partial charge in [-0.2, -0.15) is 4.39 Å². The van der Waals surface area contributed by atoms with Crippen molar-refractivity contribution in [3.63, 3.8) is 0 Å². The third-order valence-corrected chi connectivity index (χ3v) is 6.17. The molecule has 5 heteroatoms. The van der Waals surface area contributed by atoms with Crippen molar-refractivity contribution in [2.24, 2.45) is 5.92 Å². The fraction of sp³-hybridized carbons (Fsp3) is 0.429. The largest absolute Gasteiger partial charge is 0.490 e. The first-order valence-electron chi connectivity index (χ1n) is 11.6. The Kier molecular flexibility index (Phi) is 9.03. The molecule has 0 spiro atoms. The van der Waals surface area contributed by atoms with Crippen molar-refractivity contribution in [3.05, 3.63) is 77.1 Å². The number of hydrogen-bond acceptors (Lipinski definition) is 2. The highest BCUT2D eigenvalue weighted by Gasteiger charge is 2.26. The van der Waals surface area contributed by atoms with Crippen LogP contribution in [0, 0.1) is 35.2 Å². The molecule has 0 aromatic heterocycles. The minimum absolute atomic E-state index is 0.0587. The number of hydrogen-bond donors (Lipinski definition) is 1. The average Bonchev–Trinajstić information content (AvgIpc) is 2.81. The molecule has 2 aromatic carbocycles. The first-order valence-corrected chi connectivity index (χ1v) is 11.6. The monoisotopic (exact) mass is 456 g/mol. The highest BCUT2D eigenvalue weighted by molar-refractivity contribution is 5.38. The third-order valence-electron chi connectivity index (χ3n) is 6.17. The Labute approximate surface area is 194 Å². The predicted octanol–water partition coefficient (Wildman–Crippen LogP) is 7.22. The molecule has 1 aliphatic carbocycles. The minimum atomic E-state index is -0.937. The van der Waals surface area contributed by atoms with Gasteiger partial charge in [0.1, 0.15) is 5.82 Å². The highest BCUT2D eigenvalue weighted by atomic mass is 19.2. The van der Waals surface area contributed by atoms with Gasteiger partial charge in [0.05, 0.1) is 12.7 Å². The van der Waals surface area contributed by atoms with Gasteiger partial charge < -0.3 is 9.84 Å². The Morgan fingerprint density at radius 2 is 1.88 bits per heavy atom. The summed E-state index contributed by atoms with van der Waals surface area (Å²) >= 11 is 0. The van der Waals surface area contributed by atoms with Crippen molar-refractivity contribution >= 4 is 0 Å². The summed E-state index contributed by atoms with van der Waals surface area (Å²) in [4.78, 5) is 0. The summed E-state index contributed by atoms with van der Waals surface area (Å²) in [5.41, 5.74) is 1.26. The van der Waals surface area contributed by atoms with Crippen molar-refractivity contribution in [2.45, 2.75) is 63.9 Å². The van der Waals surface area contributed by atoms with Crippen molar-refractivity contribution in [2.75, 3.05) is 6.61 Å². The predicted molar refractivity (Wildman–Crippen MR) is 125 cm³/mol. The van der Waals surface area contributed by atoms with Crippen molar-refractivity contribution in [1.29, 1.82) is 0 Å². The lowest BCUT2D eigenvalue weighted by Crippen LogP contribution is -2.14. The van der Waals surface area contributed by atoms with Gasteiger partial charge in [0.15, 0.2) is 11.6 Å². The molecular formula is C28H31F3O2. The maximum Gasteiger partial charge on any atom is 0.200 e. The van der Waals surface area contributed by atoms with E-state index in [1.165, 1.54) is 12.1 Å². The molecule has 1 saturated carbocycles. The van der Waals surface area contributed by atoms with E-state index in [0.717, 1.165) is 19.3 Å². The van der Waals surface area contributed by atoms with Gasteiger partial charge in [0, 0.05) is 17.0 Å². The van der Waals surface area contributed by atoms with Crippen LogP contribution in [0.2, 0.25) is 0 Å². The summed E-state index contributed by atoms with van der Waals surface area (Å²) in [5, 5.41) is 10.0. The smallest absolute Gasteiger partial charge is 0.200 e. The summed E-state index contributed by atoms with van der Waals surface area (Å²) in [6.07, 6.45) is 5.67. The number of rotatable bonds is 8. The summed E-state index contributed by atoms with van der Waals surface area (Å²) in [5.74, 6) is 4.02. The second-order valence-electron chi connectivity index (χ2n) is 8.57. The van der Waals surface area contributed by atoms with Crippen LogP contribution in [0.5, 0.6) is 5.75 Å². The molecule has 1 aliphatic rings. The number of aliphatic hydroxyl groups excluding tert-OH is 1. The van der Waals surface area contributed by atoms with E-state index in [2.05, 4.69) is 18.4 Å². The maximum absolute atomic E-state index is 14.6. The lowest BCUT2D eigenvalue weighted by Gasteiger charge is -2.26. The quantitative estimate of drug-likeness (QED) is 0.258. The van der Waals surface area contributed by atoms with Crippen LogP contribution >= 0.6 is 0 Å². The van der Waals surface area contributed by atoms with Crippen LogP contribution in [-0.4, -0.2) is 11.7 Å². The van der Waals surface area contributed by atoms with Gasteiger partial charge in [0.25, 0.3) is 0 Å². The van der Waals surface area contributed by atoms with Crippen LogP contribution in [0.3, 0.4) is 0 Å². The zero-order valence-electron chi connectivity index (χ0n) is 19.0.